The highest BCUT2D eigenvalue weighted by Gasteiger charge is 2.37. The van der Waals surface area contributed by atoms with Crippen LogP contribution in [0.4, 0.5) is 0 Å². The summed E-state index contributed by atoms with van der Waals surface area (Å²) in [6.45, 7) is 8.00. The normalized spacial score (nSPS) is 19.2. The fourth-order valence-corrected chi connectivity index (χ4v) is 5.16. The lowest BCUT2D eigenvalue weighted by atomic mass is 9.85. The van der Waals surface area contributed by atoms with E-state index < -0.39 is 5.41 Å². The van der Waals surface area contributed by atoms with Crippen LogP contribution in [0.25, 0.3) is 0 Å². The minimum Gasteiger partial charge on any atom is -0.486 e. The Labute approximate surface area is 224 Å². The van der Waals surface area contributed by atoms with Gasteiger partial charge in [-0.05, 0) is 60.2 Å². The maximum atomic E-state index is 13.4. The summed E-state index contributed by atoms with van der Waals surface area (Å²) in [6, 6.07) is 19.5. The van der Waals surface area contributed by atoms with Crippen molar-refractivity contribution in [2.75, 3.05) is 19.7 Å². The number of nitrogens with one attached hydrogen (secondary N) is 1. The van der Waals surface area contributed by atoms with Crippen molar-refractivity contribution in [3.05, 3.63) is 88.9 Å². The number of carbonyl (C=O) groups is 2. The predicted octanol–water partition coefficient (Wildman–Crippen LogP) is 5.29. The minimum absolute atomic E-state index is 0.0788. The van der Waals surface area contributed by atoms with Crippen LogP contribution in [0, 0.1) is 5.41 Å². The zero-order chi connectivity index (χ0) is 26.7. The Hall–Kier alpha value is -3.58. The van der Waals surface area contributed by atoms with Gasteiger partial charge < -0.3 is 24.1 Å². The van der Waals surface area contributed by atoms with E-state index in [1.807, 2.05) is 56.0 Å². The molecule has 38 heavy (non-hydrogen) atoms. The smallest absolute Gasteiger partial charge is 0.287 e. The van der Waals surface area contributed by atoms with Crippen molar-refractivity contribution in [2.24, 2.45) is 5.41 Å². The quantitative estimate of drug-likeness (QED) is 0.462. The summed E-state index contributed by atoms with van der Waals surface area (Å²) in [4.78, 5) is 27.9. The van der Waals surface area contributed by atoms with E-state index in [-0.39, 0.29) is 36.3 Å². The van der Waals surface area contributed by atoms with Gasteiger partial charge in [-0.2, -0.15) is 0 Å². The number of hydrogen-bond donors (Lipinski definition) is 1. The Morgan fingerprint density at radius 1 is 1.08 bits per heavy atom. The van der Waals surface area contributed by atoms with Crippen LogP contribution in [0.1, 0.15) is 72.7 Å². The number of fused-ring (bicyclic) bond motifs is 1. The first-order valence-corrected chi connectivity index (χ1v) is 13.4. The fraction of sp³-hybridized carbons (Fsp3) is 0.419. The first-order chi connectivity index (χ1) is 18.3. The molecule has 2 aromatic carbocycles. The second kappa shape index (κ2) is 11.0. The molecule has 200 valence electrons. The number of benzene rings is 2. The first kappa shape index (κ1) is 26.0. The van der Waals surface area contributed by atoms with Crippen LogP contribution >= 0.6 is 0 Å². The molecule has 1 aromatic heterocycles. The molecule has 5 rings (SSSR count). The fourth-order valence-electron chi connectivity index (χ4n) is 5.16. The van der Waals surface area contributed by atoms with E-state index in [2.05, 4.69) is 23.5 Å². The van der Waals surface area contributed by atoms with Crippen LogP contribution < -0.4 is 10.1 Å². The molecule has 0 bridgehead atoms. The Morgan fingerprint density at radius 2 is 1.89 bits per heavy atom. The highest BCUT2D eigenvalue weighted by molar-refractivity contribution is 5.91. The van der Waals surface area contributed by atoms with Crippen molar-refractivity contribution in [1.82, 2.24) is 10.2 Å². The van der Waals surface area contributed by atoms with Crippen molar-refractivity contribution in [2.45, 2.75) is 58.8 Å². The lowest BCUT2D eigenvalue weighted by Crippen LogP contribution is -2.45. The van der Waals surface area contributed by atoms with Gasteiger partial charge in [0.05, 0.1) is 12.1 Å². The molecule has 7 nitrogen and oxygen atoms in total. The van der Waals surface area contributed by atoms with Gasteiger partial charge in [-0.3, -0.25) is 9.59 Å². The van der Waals surface area contributed by atoms with Crippen molar-refractivity contribution in [3.63, 3.8) is 0 Å². The molecule has 2 atom stereocenters. The Kier molecular flexibility index (Phi) is 7.56. The molecule has 2 aliphatic heterocycles. The third-order valence-electron chi connectivity index (χ3n) is 7.14. The third-order valence-corrected chi connectivity index (χ3v) is 7.14. The number of furan rings is 1. The molecule has 1 saturated heterocycles. The Balaban J connectivity index is 1.30. The molecule has 0 aliphatic carbocycles. The van der Waals surface area contributed by atoms with Crippen LogP contribution in [0.3, 0.4) is 0 Å². The van der Waals surface area contributed by atoms with Gasteiger partial charge in [-0.25, -0.2) is 0 Å². The average molecular weight is 517 g/mol. The number of ether oxygens (including phenoxy) is 2. The van der Waals surface area contributed by atoms with E-state index >= 15 is 0 Å². The Bertz CT molecular complexity index is 1270. The molecular formula is C31H36N2O5. The van der Waals surface area contributed by atoms with Crippen LogP contribution in [-0.2, 0) is 22.6 Å². The molecule has 2 amide bonds. The molecule has 0 saturated carbocycles. The monoisotopic (exact) mass is 516 g/mol. The van der Waals surface area contributed by atoms with E-state index in [1.54, 1.807) is 12.1 Å². The summed E-state index contributed by atoms with van der Waals surface area (Å²) in [5, 5.41) is 2.88. The average Bonchev–Trinajstić information content (AvgIpc) is 3.62. The number of carbonyl (C=O) groups excluding carboxylic acids is 2. The second-order valence-corrected chi connectivity index (χ2v) is 11.1. The van der Waals surface area contributed by atoms with Crippen molar-refractivity contribution in [3.8, 4) is 5.75 Å². The first-order valence-electron chi connectivity index (χ1n) is 13.4. The van der Waals surface area contributed by atoms with Crippen LogP contribution in [0.2, 0.25) is 0 Å². The van der Waals surface area contributed by atoms with Gasteiger partial charge in [0, 0.05) is 25.1 Å². The van der Waals surface area contributed by atoms with E-state index in [1.165, 1.54) is 5.56 Å². The Morgan fingerprint density at radius 3 is 2.63 bits per heavy atom. The molecule has 2 aliphatic rings. The largest absolute Gasteiger partial charge is 0.486 e. The number of amides is 2. The summed E-state index contributed by atoms with van der Waals surface area (Å²) in [5.41, 5.74) is 2.89. The van der Waals surface area contributed by atoms with Gasteiger partial charge in [-0.15, -0.1) is 0 Å². The molecule has 0 radical (unpaired) electrons. The zero-order valence-electron chi connectivity index (χ0n) is 22.4. The van der Waals surface area contributed by atoms with E-state index in [4.69, 9.17) is 13.9 Å². The zero-order valence-corrected chi connectivity index (χ0v) is 22.4. The van der Waals surface area contributed by atoms with Crippen LogP contribution in [0.5, 0.6) is 5.75 Å². The summed E-state index contributed by atoms with van der Waals surface area (Å²) < 4.78 is 17.4. The standard InChI is InChI=1S/C31H36N2O5/c1-31(2,3)30(35)33-16-15-21-11-12-23(18-26(21)28(33)22-8-5-4-6-9-22)37-20-25-13-14-27(38-25)29(34)32-19-24-10-7-17-36-24/h4-6,8-9,11-14,18,24,28H,7,10,15-17,19-20H2,1-3H3,(H,32,34)/t24-,28+/m1/s1. The molecule has 3 heterocycles. The number of nitrogens with zero attached hydrogens (tertiary/aromatic N) is 1. The van der Waals surface area contributed by atoms with Gasteiger partial charge >= 0.3 is 0 Å². The van der Waals surface area contributed by atoms with Gasteiger partial charge in [0.25, 0.3) is 5.91 Å². The molecule has 1 N–H and O–H groups in total. The summed E-state index contributed by atoms with van der Waals surface area (Å²) in [5.74, 6) is 1.39. The third kappa shape index (κ3) is 5.78. The molecule has 7 heteroatoms. The maximum absolute atomic E-state index is 13.4. The minimum atomic E-state index is -0.480. The van der Waals surface area contributed by atoms with E-state index in [0.717, 1.165) is 37.0 Å². The van der Waals surface area contributed by atoms with Gasteiger partial charge in [0.2, 0.25) is 5.91 Å². The predicted molar refractivity (Wildman–Crippen MR) is 144 cm³/mol. The highest BCUT2D eigenvalue weighted by Crippen LogP contribution is 2.39. The van der Waals surface area contributed by atoms with Gasteiger partial charge in [0.1, 0.15) is 18.1 Å². The lowest BCUT2D eigenvalue weighted by Gasteiger charge is -2.41. The van der Waals surface area contributed by atoms with Crippen LogP contribution in [-0.4, -0.2) is 42.5 Å². The SMILES string of the molecule is CC(C)(C)C(=O)N1CCc2ccc(OCc3ccc(C(=O)NC[C@H]4CCCO4)o3)cc2[C@@H]1c1ccccc1. The highest BCUT2D eigenvalue weighted by atomic mass is 16.5. The van der Waals surface area contributed by atoms with E-state index in [0.29, 0.717) is 24.6 Å². The van der Waals surface area contributed by atoms with Crippen LogP contribution in [0.15, 0.2) is 65.1 Å². The molecular weight excluding hydrogens is 480 g/mol. The van der Waals surface area contributed by atoms with Crippen molar-refractivity contribution >= 4 is 11.8 Å². The lowest BCUT2D eigenvalue weighted by molar-refractivity contribution is -0.141. The topological polar surface area (TPSA) is 81.0 Å². The summed E-state index contributed by atoms with van der Waals surface area (Å²) in [7, 11) is 0. The number of hydrogen-bond acceptors (Lipinski definition) is 5. The number of rotatable bonds is 7. The molecule has 0 spiro atoms. The summed E-state index contributed by atoms with van der Waals surface area (Å²) >= 11 is 0. The van der Waals surface area contributed by atoms with Gasteiger partial charge in [0.15, 0.2) is 5.76 Å². The van der Waals surface area contributed by atoms with Gasteiger partial charge in [-0.1, -0.05) is 57.2 Å². The maximum Gasteiger partial charge on any atom is 0.287 e. The summed E-state index contributed by atoms with van der Waals surface area (Å²) in [6.07, 6.45) is 2.87. The van der Waals surface area contributed by atoms with E-state index in [9.17, 15) is 9.59 Å². The molecule has 3 aromatic rings. The molecule has 1 fully saturated rings. The molecule has 0 unspecified atom stereocenters. The van der Waals surface area contributed by atoms with Crippen molar-refractivity contribution < 1.29 is 23.5 Å². The van der Waals surface area contributed by atoms with Crippen molar-refractivity contribution in [1.29, 1.82) is 0 Å². The second-order valence-electron chi connectivity index (χ2n) is 11.1.